The molecular formula is C12H10FNO4. The van der Waals surface area contributed by atoms with Crippen molar-refractivity contribution >= 4 is 17.8 Å². The van der Waals surface area contributed by atoms with Gasteiger partial charge in [0.15, 0.2) is 6.04 Å². The third-order valence-electron chi connectivity index (χ3n) is 2.76. The molecule has 0 saturated carbocycles. The SMILES string of the molecule is COC(=O)[C@H](CF)N1C(=O)c2ccccc2C1=O. The number of ether oxygens (including phenoxy) is 1. The lowest BCUT2D eigenvalue weighted by Crippen LogP contribution is -2.46. The van der Waals surface area contributed by atoms with Gasteiger partial charge in [-0.1, -0.05) is 12.1 Å². The molecule has 0 aliphatic carbocycles. The molecule has 0 bridgehead atoms. The molecule has 1 atom stereocenters. The molecule has 2 amide bonds. The molecule has 0 radical (unpaired) electrons. The Balaban J connectivity index is 2.41. The van der Waals surface area contributed by atoms with Crippen molar-refractivity contribution in [3.8, 4) is 0 Å². The highest BCUT2D eigenvalue weighted by molar-refractivity contribution is 6.22. The molecule has 1 aliphatic rings. The van der Waals surface area contributed by atoms with Crippen LogP contribution >= 0.6 is 0 Å². The van der Waals surface area contributed by atoms with Crippen molar-refractivity contribution in [3.63, 3.8) is 0 Å². The normalized spacial score (nSPS) is 15.6. The van der Waals surface area contributed by atoms with Crippen LogP contribution in [0.3, 0.4) is 0 Å². The summed E-state index contributed by atoms with van der Waals surface area (Å²) in [5.41, 5.74) is 0.342. The first kappa shape index (κ1) is 12.2. The highest BCUT2D eigenvalue weighted by Gasteiger charge is 2.43. The Hall–Kier alpha value is -2.24. The Kier molecular flexibility index (Phi) is 3.10. The van der Waals surface area contributed by atoms with E-state index in [1.54, 1.807) is 12.1 Å². The molecular weight excluding hydrogens is 241 g/mol. The number of fused-ring (bicyclic) bond motifs is 1. The van der Waals surface area contributed by atoms with Crippen molar-refractivity contribution in [2.75, 3.05) is 13.8 Å². The van der Waals surface area contributed by atoms with Crippen LogP contribution in [0.2, 0.25) is 0 Å². The van der Waals surface area contributed by atoms with Gasteiger partial charge in [0.1, 0.15) is 6.67 Å². The van der Waals surface area contributed by atoms with Gasteiger partial charge in [-0.3, -0.25) is 14.5 Å². The van der Waals surface area contributed by atoms with E-state index in [1.807, 2.05) is 0 Å². The van der Waals surface area contributed by atoms with Gasteiger partial charge < -0.3 is 4.74 Å². The van der Waals surface area contributed by atoms with E-state index in [2.05, 4.69) is 4.74 Å². The first-order valence-corrected chi connectivity index (χ1v) is 5.22. The van der Waals surface area contributed by atoms with E-state index < -0.39 is 30.5 Å². The fourth-order valence-electron chi connectivity index (χ4n) is 1.86. The minimum absolute atomic E-state index is 0.171. The Morgan fingerprint density at radius 1 is 1.28 bits per heavy atom. The Bertz CT molecular complexity index is 494. The highest BCUT2D eigenvalue weighted by atomic mass is 19.1. The number of nitrogens with zero attached hydrogens (tertiary/aromatic N) is 1. The van der Waals surface area contributed by atoms with Gasteiger partial charge in [0.25, 0.3) is 11.8 Å². The number of hydrogen-bond donors (Lipinski definition) is 0. The standard InChI is InChI=1S/C12H10FNO4/c1-18-12(17)9(6-13)14-10(15)7-4-2-3-5-8(7)11(14)16/h2-5,9H,6H2,1H3/t9-/m0/s1. The Morgan fingerprint density at radius 3 is 2.17 bits per heavy atom. The molecule has 0 saturated heterocycles. The lowest BCUT2D eigenvalue weighted by atomic mass is 10.1. The maximum absolute atomic E-state index is 12.9. The number of imide groups is 1. The minimum Gasteiger partial charge on any atom is -0.467 e. The molecule has 0 spiro atoms. The van der Waals surface area contributed by atoms with Crippen molar-refractivity contribution in [2.24, 2.45) is 0 Å². The number of rotatable bonds is 3. The number of esters is 1. The Labute approximate surface area is 102 Å². The van der Waals surface area contributed by atoms with Gasteiger partial charge in [-0.15, -0.1) is 0 Å². The fraction of sp³-hybridized carbons (Fsp3) is 0.250. The average Bonchev–Trinajstić information content (AvgIpc) is 2.65. The van der Waals surface area contributed by atoms with E-state index >= 15 is 0 Å². The second-order valence-corrected chi connectivity index (χ2v) is 3.72. The maximum atomic E-state index is 12.9. The van der Waals surface area contributed by atoms with Crippen molar-refractivity contribution in [1.29, 1.82) is 0 Å². The van der Waals surface area contributed by atoms with Crippen molar-refractivity contribution < 1.29 is 23.5 Å². The monoisotopic (exact) mass is 251 g/mol. The average molecular weight is 251 g/mol. The van der Waals surface area contributed by atoms with Crippen molar-refractivity contribution in [1.82, 2.24) is 4.90 Å². The van der Waals surface area contributed by atoms with Gasteiger partial charge in [-0.2, -0.15) is 0 Å². The summed E-state index contributed by atoms with van der Waals surface area (Å²) < 4.78 is 17.3. The third kappa shape index (κ3) is 1.66. The summed E-state index contributed by atoms with van der Waals surface area (Å²) >= 11 is 0. The lowest BCUT2D eigenvalue weighted by molar-refractivity contribution is -0.145. The van der Waals surface area contributed by atoms with E-state index in [4.69, 9.17) is 0 Å². The zero-order chi connectivity index (χ0) is 13.3. The number of amides is 2. The fourth-order valence-corrected chi connectivity index (χ4v) is 1.86. The smallest absolute Gasteiger partial charge is 0.331 e. The highest BCUT2D eigenvalue weighted by Crippen LogP contribution is 2.24. The van der Waals surface area contributed by atoms with Gasteiger partial charge in [-0.05, 0) is 12.1 Å². The maximum Gasteiger partial charge on any atom is 0.331 e. The van der Waals surface area contributed by atoms with Crippen LogP contribution in [0.4, 0.5) is 4.39 Å². The molecule has 18 heavy (non-hydrogen) atoms. The molecule has 5 nitrogen and oxygen atoms in total. The number of carbonyl (C=O) groups is 3. The number of carbonyl (C=O) groups excluding carboxylic acids is 3. The molecule has 1 aromatic rings. The van der Waals surface area contributed by atoms with Crippen LogP contribution in [0.1, 0.15) is 20.7 Å². The molecule has 1 aromatic carbocycles. The van der Waals surface area contributed by atoms with Crippen LogP contribution in [0.5, 0.6) is 0 Å². The topological polar surface area (TPSA) is 63.7 Å². The zero-order valence-electron chi connectivity index (χ0n) is 9.55. The van der Waals surface area contributed by atoms with Gasteiger partial charge >= 0.3 is 5.97 Å². The summed E-state index contributed by atoms with van der Waals surface area (Å²) in [6, 6.07) is 4.58. The van der Waals surface area contributed by atoms with Crippen LogP contribution in [0, 0.1) is 0 Å². The number of hydrogen-bond acceptors (Lipinski definition) is 4. The van der Waals surface area contributed by atoms with Crippen LogP contribution in [-0.2, 0) is 9.53 Å². The zero-order valence-corrected chi connectivity index (χ0v) is 9.55. The summed E-state index contributed by atoms with van der Waals surface area (Å²) in [6.07, 6.45) is 0. The van der Waals surface area contributed by atoms with Gasteiger partial charge in [-0.25, -0.2) is 9.18 Å². The number of methoxy groups -OCH3 is 1. The molecule has 94 valence electrons. The summed E-state index contributed by atoms with van der Waals surface area (Å²) in [5, 5.41) is 0. The molecule has 2 rings (SSSR count). The predicted molar refractivity (Wildman–Crippen MR) is 58.7 cm³/mol. The summed E-state index contributed by atoms with van der Waals surface area (Å²) in [5.74, 6) is -2.31. The second kappa shape index (κ2) is 4.56. The molecule has 0 unspecified atom stereocenters. The van der Waals surface area contributed by atoms with Crippen molar-refractivity contribution in [2.45, 2.75) is 6.04 Å². The van der Waals surface area contributed by atoms with Crippen LogP contribution in [0.25, 0.3) is 0 Å². The first-order chi connectivity index (χ1) is 8.61. The summed E-state index contributed by atoms with van der Waals surface area (Å²) in [7, 11) is 1.07. The van der Waals surface area contributed by atoms with E-state index in [0.717, 1.165) is 7.11 Å². The third-order valence-corrected chi connectivity index (χ3v) is 2.76. The van der Waals surface area contributed by atoms with Gasteiger partial charge in [0.05, 0.1) is 18.2 Å². The minimum atomic E-state index is -1.53. The van der Waals surface area contributed by atoms with Crippen molar-refractivity contribution in [3.05, 3.63) is 35.4 Å². The predicted octanol–water partition coefficient (Wildman–Crippen LogP) is 0.794. The largest absolute Gasteiger partial charge is 0.467 e. The van der Waals surface area contributed by atoms with Gasteiger partial charge in [0.2, 0.25) is 0 Å². The van der Waals surface area contributed by atoms with E-state index in [0.29, 0.717) is 4.90 Å². The number of alkyl halides is 1. The van der Waals surface area contributed by atoms with Crippen LogP contribution in [0.15, 0.2) is 24.3 Å². The lowest BCUT2D eigenvalue weighted by Gasteiger charge is -2.20. The Morgan fingerprint density at radius 2 is 1.78 bits per heavy atom. The molecule has 1 aliphatic heterocycles. The van der Waals surface area contributed by atoms with Gasteiger partial charge in [0, 0.05) is 0 Å². The molecule has 0 fully saturated rings. The van der Waals surface area contributed by atoms with E-state index in [1.165, 1.54) is 12.1 Å². The van der Waals surface area contributed by atoms with E-state index in [9.17, 15) is 18.8 Å². The quantitative estimate of drug-likeness (QED) is 0.588. The molecule has 0 N–H and O–H groups in total. The van der Waals surface area contributed by atoms with Crippen LogP contribution < -0.4 is 0 Å². The molecule has 1 heterocycles. The molecule has 6 heteroatoms. The summed E-state index contributed by atoms with van der Waals surface area (Å²) in [6.45, 7) is -1.17. The molecule has 0 aromatic heterocycles. The number of benzene rings is 1. The van der Waals surface area contributed by atoms with E-state index in [-0.39, 0.29) is 11.1 Å². The van der Waals surface area contributed by atoms with Crippen LogP contribution in [-0.4, -0.2) is 42.5 Å². The number of halogens is 1. The second-order valence-electron chi connectivity index (χ2n) is 3.72. The summed E-state index contributed by atoms with van der Waals surface area (Å²) in [4.78, 5) is 35.9. The first-order valence-electron chi connectivity index (χ1n) is 5.22.